The van der Waals surface area contributed by atoms with Crippen LogP contribution in [0.2, 0.25) is 0 Å². The first-order valence-corrected chi connectivity index (χ1v) is 10.3. The molecule has 2 heterocycles. The largest absolute Gasteiger partial charge is 0.388 e. The highest BCUT2D eigenvalue weighted by Crippen LogP contribution is 2.33. The molecule has 0 aromatic heterocycles. The fourth-order valence-electron chi connectivity index (χ4n) is 3.59. The van der Waals surface area contributed by atoms with Crippen molar-refractivity contribution in [2.24, 2.45) is 11.3 Å². The number of aliphatic hydroxyl groups is 7. The average molecular weight is 425 g/mol. The van der Waals surface area contributed by atoms with Gasteiger partial charge in [-0.25, -0.2) is 0 Å². The van der Waals surface area contributed by atoms with Gasteiger partial charge in [-0.2, -0.15) is 0 Å². The van der Waals surface area contributed by atoms with Crippen LogP contribution in [-0.4, -0.2) is 97.0 Å². The Bertz CT molecular complexity index is 479. The lowest BCUT2D eigenvalue weighted by atomic mass is 9.80. The summed E-state index contributed by atoms with van der Waals surface area (Å²) in [5.41, 5.74) is -0.256. The van der Waals surface area contributed by atoms with E-state index in [0.717, 1.165) is 0 Å². The van der Waals surface area contributed by atoms with Crippen LogP contribution in [0.1, 0.15) is 54.4 Å². The zero-order valence-electron chi connectivity index (χ0n) is 18.2. The van der Waals surface area contributed by atoms with Crippen molar-refractivity contribution in [3.05, 3.63) is 0 Å². The van der Waals surface area contributed by atoms with E-state index in [1.165, 1.54) is 0 Å². The second kappa shape index (κ2) is 10.8. The van der Waals surface area contributed by atoms with Crippen LogP contribution in [0.3, 0.4) is 0 Å². The van der Waals surface area contributed by atoms with E-state index in [9.17, 15) is 35.7 Å². The van der Waals surface area contributed by atoms with Crippen LogP contribution in [0.25, 0.3) is 0 Å². The van der Waals surface area contributed by atoms with E-state index in [4.69, 9.17) is 9.47 Å². The molecule has 2 saturated heterocycles. The first-order chi connectivity index (χ1) is 13.2. The first kappa shape index (κ1) is 26.7. The van der Waals surface area contributed by atoms with Gasteiger partial charge in [-0.1, -0.05) is 41.5 Å². The molecule has 29 heavy (non-hydrogen) atoms. The van der Waals surface area contributed by atoms with Gasteiger partial charge in [0.15, 0.2) is 6.29 Å². The minimum atomic E-state index is -1.44. The fraction of sp³-hybridized carbons (Fsp3) is 1.00. The minimum absolute atomic E-state index is 0.256. The van der Waals surface area contributed by atoms with Gasteiger partial charge in [0.2, 0.25) is 0 Å². The van der Waals surface area contributed by atoms with Crippen LogP contribution in [0.4, 0.5) is 0 Å². The Morgan fingerprint density at radius 3 is 1.62 bits per heavy atom. The van der Waals surface area contributed by atoms with E-state index in [2.05, 4.69) is 0 Å². The molecule has 2 aliphatic heterocycles. The maximum atomic E-state index is 9.82. The highest BCUT2D eigenvalue weighted by molar-refractivity contribution is 4.96. The smallest absolute Gasteiger partial charge is 0.183 e. The molecule has 174 valence electrons. The van der Waals surface area contributed by atoms with Crippen molar-refractivity contribution >= 4 is 0 Å². The van der Waals surface area contributed by atoms with Gasteiger partial charge in [-0.15, -0.1) is 0 Å². The third-order valence-electron chi connectivity index (χ3n) is 5.36. The van der Waals surface area contributed by atoms with Gasteiger partial charge in [0.25, 0.3) is 0 Å². The van der Waals surface area contributed by atoms with Crippen LogP contribution >= 0.6 is 0 Å². The van der Waals surface area contributed by atoms with Crippen molar-refractivity contribution in [1.29, 1.82) is 0 Å². The summed E-state index contributed by atoms with van der Waals surface area (Å²) in [6.07, 6.45) is -8.79. The van der Waals surface area contributed by atoms with Gasteiger partial charge in [-0.3, -0.25) is 0 Å². The zero-order chi connectivity index (χ0) is 22.7. The maximum absolute atomic E-state index is 9.82. The molecule has 9 nitrogen and oxygen atoms in total. The molecule has 0 aromatic carbocycles. The zero-order valence-corrected chi connectivity index (χ0v) is 18.2. The Morgan fingerprint density at radius 1 is 0.690 bits per heavy atom. The monoisotopic (exact) mass is 424 g/mol. The van der Waals surface area contributed by atoms with Crippen molar-refractivity contribution in [3.8, 4) is 0 Å². The van der Waals surface area contributed by atoms with E-state index in [-0.39, 0.29) is 11.3 Å². The minimum Gasteiger partial charge on any atom is -0.388 e. The molecule has 0 spiro atoms. The predicted molar refractivity (Wildman–Crippen MR) is 105 cm³/mol. The van der Waals surface area contributed by atoms with Crippen molar-refractivity contribution in [1.82, 2.24) is 0 Å². The van der Waals surface area contributed by atoms with Gasteiger partial charge < -0.3 is 45.2 Å². The van der Waals surface area contributed by atoms with Gasteiger partial charge in [0, 0.05) is 0 Å². The molecule has 0 aliphatic carbocycles. The summed E-state index contributed by atoms with van der Waals surface area (Å²) in [6.45, 7) is 11.6. The summed E-state index contributed by atoms with van der Waals surface area (Å²) in [7, 11) is 0. The highest BCUT2D eigenvalue weighted by Gasteiger charge is 2.47. The maximum Gasteiger partial charge on any atom is 0.183 e. The third-order valence-corrected chi connectivity index (χ3v) is 5.36. The molecule has 9 heteroatoms. The van der Waals surface area contributed by atoms with Crippen LogP contribution in [0.5, 0.6) is 0 Å². The molecule has 2 aliphatic rings. The molecular formula is C20H40O9. The Kier molecular flexibility index (Phi) is 9.92. The fourth-order valence-corrected chi connectivity index (χ4v) is 3.59. The lowest BCUT2D eigenvalue weighted by Crippen LogP contribution is -2.60. The third kappa shape index (κ3) is 6.81. The van der Waals surface area contributed by atoms with Gasteiger partial charge >= 0.3 is 0 Å². The molecule has 0 radical (unpaired) electrons. The Labute approximate surface area is 172 Å². The molecule has 0 bridgehead atoms. The lowest BCUT2D eigenvalue weighted by Gasteiger charge is -2.45. The second-order valence-corrected chi connectivity index (χ2v) is 9.51. The second-order valence-electron chi connectivity index (χ2n) is 9.51. The van der Waals surface area contributed by atoms with E-state index < -0.39 is 61.2 Å². The van der Waals surface area contributed by atoms with E-state index >= 15 is 0 Å². The van der Waals surface area contributed by atoms with Crippen molar-refractivity contribution in [2.45, 2.75) is 116 Å². The molecule has 10 atom stereocenters. The van der Waals surface area contributed by atoms with E-state index in [0.29, 0.717) is 12.8 Å². The van der Waals surface area contributed by atoms with Crippen LogP contribution < -0.4 is 0 Å². The van der Waals surface area contributed by atoms with Crippen LogP contribution in [0, 0.1) is 11.3 Å². The lowest BCUT2D eigenvalue weighted by molar-refractivity contribution is -0.283. The molecule has 2 fully saturated rings. The molecule has 0 amide bonds. The number of ether oxygens (including phenoxy) is 2. The van der Waals surface area contributed by atoms with Crippen molar-refractivity contribution in [2.75, 3.05) is 0 Å². The molecule has 0 saturated carbocycles. The SMILES string of the molecule is CC(C)CC1OC(O)C(O)C(O)C1O.CCC1OC(C(C)(C)C)C(O)C(O)C1O. The quantitative estimate of drug-likeness (QED) is 0.305. The van der Waals surface area contributed by atoms with E-state index in [1.54, 1.807) is 0 Å². The van der Waals surface area contributed by atoms with Crippen LogP contribution in [-0.2, 0) is 9.47 Å². The molecule has 2 rings (SSSR count). The first-order valence-electron chi connectivity index (χ1n) is 10.3. The van der Waals surface area contributed by atoms with Crippen LogP contribution in [0.15, 0.2) is 0 Å². The van der Waals surface area contributed by atoms with Crippen molar-refractivity contribution < 1.29 is 45.2 Å². The summed E-state index contributed by atoms with van der Waals surface area (Å²) < 4.78 is 10.6. The van der Waals surface area contributed by atoms with Crippen molar-refractivity contribution in [3.63, 3.8) is 0 Å². The Balaban J connectivity index is 0.000000291. The van der Waals surface area contributed by atoms with Gasteiger partial charge in [0.1, 0.15) is 36.6 Å². The topological polar surface area (TPSA) is 160 Å². The number of rotatable bonds is 3. The predicted octanol–water partition coefficient (Wildman–Crippen LogP) is -0.875. The molecule has 7 N–H and O–H groups in total. The Morgan fingerprint density at radius 2 is 1.17 bits per heavy atom. The number of hydrogen-bond donors (Lipinski definition) is 7. The standard InChI is InChI=1S/C11H22O4.C9H18O5/c1-5-6-7(12)8(13)9(14)10(15-6)11(2,3)4;1-4(2)3-5-6(10)7(11)8(12)9(13)14-5/h6-10,12-14H,5H2,1-4H3;4-13H,3H2,1-2H3. The molecular weight excluding hydrogens is 384 g/mol. The Hall–Kier alpha value is -0.360. The highest BCUT2D eigenvalue weighted by atomic mass is 16.6. The average Bonchev–Trinajstić information content (AvgIpc) is 2.62. The van der Waals surface area contributed by atoms with Gasteiger partial charge in [-0.05, 0) is 24.2 Å². The summed E-state index contributed by atoms with van der Waals surface area (Å²) in [5.74, 6) is 0.282. The van der Waals surface area contributed by atoms with E-state index in [1.807, 2.05) is 41.5 Å². The van der Waals surface area contributed by atoms with Gasteiger partial charge in [0.05, 0.1) is 18.3 Å². The number of aliphatic hydroxyl groups excluding tert-OH is 7. The summed E-state index contributed by atoms with van der Waals surface area (Å²) in [6, 6.07) is 0. The molecule has 0 aromatic rings. The molecule has 10 unspecified atom stereocenters. The normalized spacial score (nSPS) is 43.7. The summed E-state index contributed by atoms with van der Waals surface area (Å²) in [5, 5.41) is 66.5. The number of hydrogen-bond acceptors (Lipinski definition) is 9. The summed E-state index contributed by atoms with van der Waals surface area (Å²) in [4.78, 5) is 0. The summed E-state index contributed by atoms with van der Waals surface area (Å²) >= 11 is 0.